The molecule has 1 atom stereocenters. The van der Waals surface area contributed by atoms with E-state index in [1.807, 2.05) is 6.92 Å². The maximum atomic E-state index is 12.5. The fourth-order valence-electron chi connectivity index (χ4n) is 1.78. The molecule has 118 valence electrons. The molecule has 0 unspecified atom stereocenters. The summed E-state index contributed by atoms with van der Waals surface area (Å²) in [5, 5.41) is 2.66. The number of hydrogen-bond donors (Lipinski definition) is 1. The van der Waals surface area contributed by atoms with E-state index in [-0.39, 0.29) is 6.04 Å². The zero-order valence-electron chi connectivity index (χ0n) is 12.5. The molecular weight excluding hydrogens is 283 g/mol. The highest BCUT2D eigenvalue weighted by Gasteiger charge is 2.30. The maximum Gasteiger partial charge on any atom is 0.416 e. The quantitative estimate of drug-likeness (QED) is 0.880. The van der Waals surface area contributed by atoms with Crippen molar-refractivity contribution in [3.05, 3.63) is 35.4 Å². The van der Waals surface area contributed by atoms with Gasteiger partial charge in [-0.05, 0) is 44.9 Å². The standard InChI is InChI=1S/C15H20F3NO2/c1-5-12(19-13(20)21-14(2,3)4)10-6-8-11(9-7-10)15(16,17)18/h6-9,12H,5H2,1-4H3,(H,19,20)/t12-/m0/s1. The molecule has 0 saturated heterocycles. The van der Waals surface area contributed by atoms with Gasteiger partial charge in [0.15, 0.2) is 0 Å². The lowest BCUT2D eigenvalue weighted by atomic mass is 10.0. The van der Waals surface area contributed by atoms with Crippen LogP contribution in [0.15, 0.2) is 24.3 Å². The van der Waals surface area contributed by atoms with Crippen LogP contribution in [0.4, 0.5) is 18.0 Å². The number of carbonyl (C=O) groups is 1. The molecule has 0 fully saturated rings. The minimum absolute atomic E-state index is 0.387. The van der Waals surface area contributed by atoms with Crippen molar-refractivity contribution in [3.63, 3.8) is 0 Å². The Bertz CT molecular complexity index is 475. The van der Waals surface area contributed by atoms with Crippen molar-refractivity contribution in [3.8, 4) is 0 Å². The van der Waals surface area contributed by atoms with Gasteiger partial charge >= 0.3 is 12.3 Å². The van der Waals surface area contributed by atoms with Crippen molar-refractivity contribution in [1.82, 2.24) is 5.32 Å². The van der Waals surface area contributed by atoms with Crippen molar-refractivity contribution in [1.29, 1.82) is 0 Å². The molecule has 21 heavy (non-hydrogen) atoms. The highest BCUT2D eigenvalue weighted by molar-refractivity contribution is 5.68. The minimum Gasteiger partial charge on any atom is -0.444 e. The third-order valence-electron chi connectivity index (χ3n) is 2.74. The lowest BCUT2D eigenvalue weighted by molar-refractivity contribution is -0.137. The molecule has 0 aliphatic rings. The molecule has 0 spiro atoms. The second kappa shape index (κ2) is 6.37. The van der Waals surface area contributed by atoms with Gasteiger partial charge in [0.25, 0.3) is 0 Å². The first-order chi connectivity index (χ1) is 9.53. The molecule has 0 aliphatic heterocycles. The molecule has 0 radical (unpaired) electrons. The number of benzene rings is 1. The summed E-state index contributed by atoms with van der Waals surface area (Å²) in [5.41, 5.74) is -0.725. The first kappa shape index (κ1) is 17.3. The molecule has 6 heteroatoms. The maximum absolute atomic E-state index is 12.5. The number of alkyl carbamates (subject to hydrolysis) is 1. The van der Waals surface area contributed by atoms with Crippen LogP contribution in [0.1, 0.15) is 51.3 Å². The summed E-state index contributed by atoms with van der Waals surface area (Å²) < 4.78 is 42.7. The SMILES string of the molecule is CC[C@H](NC(=O)OC(C)(C)C)c1ccc(C(F)(F)F)cc1. The number of ether oxygens (including phenoxy) is 1. The van der Waals surface area contributed by atoms with E-state index < -0.39 is 23.4 Å². The molecule has 0 heterocycles. The van der Waals surface area contributed by atoms with Gasteiger partial charge in [0, 0.05) is 0 Å². The van der Waals surface area contributed by atoms with E-state index in [1.165, 1.54) is 12.1 Å². The third-order valence-corrected chi connectivity index (χ3v) is 2.74. The monoisotopic (exact) mass is 303 g/mol. The topological polar surface area (TPSA) is 38.3 Å². The Hall–Kier alpha value is -1.72. The van der Waals surface area contributed by atoms with Crippen LogP contribution in [0.25, 0.3) is 0 Å². The van der Waals surface area contributed by atoms with Crippen LogP contribution in [0.5, 0.6) is 0 Å². The van der Waals surface area contributed by atoms with Gasteiger partial charge in [0.2, 0.25) is 0 Å². The molecule has 1 rings (SSSR count). The number of halogens is 3. The van der Waals surface area contributed by atoms with E-state index in [9.17, 15) is 18.0 Å². The van der Waals surface area contributed by atoms with E-state index in [1.54, 1.807) is 20.8 Å². The van der Waals surface area contributed by atoms with Gasteiger partial charge in [0.1, 0.15) is 5.60 Å². The Labute approximate surface area is 122 Å². The Kier molecular flexibility index (Phi) is 5.25. The molecule has 1 N–H and O–H groups in total. The van der Waals surface area contributed by atoms with Crippen molar-refractivity contribution in [2.75, 3.05) is 0 Å². The Morgan fingerprint density at radius 3 is 2.10 bits per heavy atom. The molecule has 0 aliphatic carbocycles. The first-order valence-corrected chi connectivity index (χ1v) is 6.69. The summed E-state index contributed by atoms with van der Waals surface area (Å²) in [7, 11) is 0. The molecule has 0 saturated carbocycles. The minimum atomic E-state index is -4.36. The van der Waals surface area contributed by atoms with Crippen LogP contribution in [-0.2, 0) is 10.9 Å². The van der Waals surface area contributed by atoms with Gasteiger partial charge in [-0.15, -0.1) is 0 Å². The highest BCUT2D eigenvalue weighted by Crippen LogP contribution is 2.30. The van der Waals surface area contributed by atoms with E-state index in [2.05, 4.69) is 5.32 Å². The summed E-state index contributed by atoms with van der Waals surface area (Å²) in [4.78, 5) is 11.7. The lowest BCUT2D eigenvalue weighted by Crippen LogP contribution is -2.34. The van der Waals surface area contributed by atoms with Crippen LogP contribution < -0.4 is 5.32 Å². The summed E-state index contributed by atoms with van der Waals surface area (Å²) in [6, 6.07) is 4.37. The molecule has 1 amide bonds. The average molecular weight is 303 g/mol. The summed E-state index contributed by atoms with van der Waals surface area (Å²) in [6.07, 6.45) is -4.40. The van der Waals surface area contributed by atoms with Crippen LogP contribution in [-0.4, -0.2) is 11.7 Å². The molecular formula is C15H20F3NO2. The van der Waals surface area contributed by atoms with E-state index in [4.69, 9.17) is 4.74 Å². The van der Waals surface area contributed by atoms with Gasteiger partial charge in [-0.2, -0.15) is 13.2 Å². The number of rotatable bonds is 3. The molecule has 3 nitrogen and oxygen atoms in total. The predicted octanol–water partition coefficient (Wildman–Crippen LogP) is 4.68. The van der Waals surface area contributed by atoms with Gasteiger partial charge in [-0.3, -0.25) is 0 Å². The van der Waals surface area contributed by atoms with Crippen LogP contribution in [0.3, 0.4) is 0 Å². The van der Waals surface area contributed by atoms with Gasteiger partial charge < -0.3 is 10.1 Å². The van der Waals surface area contributed by atoms with Crippen LogP contribution in [0.2, 0.25) is 0 Å². The number of amides is 1. The average Bonchev–Trinajstić information content (AvgIpc) is 2.33. The summed E-state index contributed by atoms with van der Waals surface area (Å²) in [5.74, 6) is 0. The number of alkyl halides is 3. The lowest BCUT2D eigenvalue weighted by Gasteiger charge is -2.23. The molecule has 1 aromatic rings. The second-order valence-electron chi connectivity index (χ2n) is 5.73. The van der Waals surface area contributed by atoms with Crippen molar-refractivity contribution in [2.24, 2.45) is 0 Å². The normalized spacial score (nSPS) is 13.7. The number of hydrogen-bond acceptors (Lipinski definition) is 2. The largest absolute Gasteiger partial charge is 0.444 e. The van der Waals surface area contributed by atoms with Crippen molar-refractivity contribution < 1.29 is 22.7 Å². The zero-order chi connectivity index (χ0) is 16.3. The van der Waals surface area contributed by atoms with Crippen LogP contribution in [0, 0.1) is 0 Å². The first-order valence-electron chi connectivity index (χ1n) is 6.69. The third kappa shape index (κ3) is 5.65. The number of nitrogens with one attached hydrogen (secondary N) is 1. The fraction of sp³-hybridized carbons (Fsp3) is 0.533. The van der Waals surface area contributed by atoms with Crippen LogP contribution >= 0.6 is 0 Å². The van der Waals surface area contributed by atoms with Gasteiger partial charge in [-0.1, -0.05) is 19.1 Å². The zero-order valence-corrected chi connectivity index (χ0v) is 12.5. The molecule has 0 aromatic heterocycles. The Morgan fingerprint density at radius 2 is 1.71 bits per heavy atom. The van der Waals surface area contributed by atoms with E-state index in [0.29, 0.717) is 12.0 Å². The van der Waals surface area contributed by atoms with E-state index >= 15 is 0 Å². The second-order valence-corrected chi connectivity index (χ2v) is 5.73. The summed E-state index contributed by atoms with van der Waals surface area (Å²) in [6.45, 7) is 7.06. The van der Waals surface area contributed by atoms with Gasteiger partial charge in [0.05, 0.1) is 11.6 Å². The molecule has 1 aromatic carbocycles. The smallest absolute Gasteiger partial charge is 0.416 e. The summed E-state index contributed by atoms with van der Waals surface area (Å²) >= 11 is 0. The van der Waals surface area contributed by atoms with Crippen molar-refractivity contribution >= 4 is 6.09 Å². The Morgan fingerprint density at radius 1 is 1.19 bits per heavy atom. The fourth-order valence-corrected chi connectivity index (χ4v) is 1.78. The number of carbonyl (C=O) groups excluding carboxylic acids is 1. The molecule has 0 bridgehead atoms. The predicted molar refractivity (Wildman–Crippen MR) is 73.8 cm³/mol. The van der Waals surface area contributed by atoms with Gasteiger partial charge in [-0.25, -0.2) is 4.79 Å². The Balaban J connectivity index is 2.79. The highest BCUT2D eigenvalue weighted by atomic mass is 19.4. The van der Waals surface area contributed by atoms with E-state index in [0.717, 1.165) is 12.1 Å². The van der Waals surface area contributed by atoms with Crippen molar-refractivity contribution in [2.45, 2.75) is 51.9 Å².